The summed E-state index contributed by atoms with van der Waals surface area (Å²) >= 11 is 1.30. The van der Waals surface area contributed by atoms with Gasteiger partial charge < -0.3 is 10.1 Å². The van der Waals surface area contributed by atoms with E-state index in [9.17, 15) is 9.59 Å². The molecule has 31 heavy (non-hydrogen) atoms. The molecule has 0 unspecified atom stereocenters. The van der Waals surface area contributed by atoms with Crippen molar-refractivity contribution >= 4 is 17.2 Å². The molecule has 0 aliphatic carbocycles. The van der Waals surface area contributed by atoms with E-state index in [1.165, 1.54) is 22.0 Å². The average Bonchev–Trinajstić information content (AvgIpc) is 3.19. The smallest absolute Gasteiger partial charge is 0.261 e. The van der Waals surface area contributed by atoms with Crippen LogP contribution in [0.4, 0.5) is 0 Å². The van der Waals surface area contributed by atoms with Crippen LogP contribution in [0.3, 0.4) is 0 Å². The van der Waals surface area contributed by atoms with Crippen molar-refractivity contribution in [3.8, 4) is 10.8 Å². The van der Waals surface area contributed by atoms with E-state index in [1.54, 1.807) is 12.3 Å². The molecule has 4 aromatic rings. The molecule has 2 heterocycles. The number of hydrogen-bond acceptors (Lipinski definition) is 4. The first kappa shape index (κ1) is 20.6. The molecule has 5 nitrogen and oxygen atoms in total. The van der Waals surface area contributed by atoms with Gasteiger partial charge in [-0.2, -0.15) is 0 Å². The lowest BCUT2D eigenvalue weighted by Crippen LogP contribution is -2.22. The molecule has 156 valence electrons. The van der Waals surface area contributed by atoms with Crippen LogP contribution in [0.2, 0.25) is 0 Å². The Morgan fingerprint density at radius 1 is 0.968 bits per heavy atom. The lowest BCUT2D eigenvalue weighted by atomic mass is 10.2. The highest BCUT2D eigenvalue weighted by Gasteiger charge is 2.15. The molecule has 0 atom stereocenters. The zero-order chi connectivity index (χ0) is 21.6. The minimum absolute atomic E-state index is 0.145. The molecule has 1 amide bonds. The Labute approximate surface area is 184 Å². The number of pyridine rings is 1. The third-order valence-corrected chi connectivity index (χ3v) is 6.02. The Kier molecular flexibility index (Phi) is 6.29. The molecule has 2 aromatic heterocycles. The van der Waals surface area contributed by atoms with Gasteiger partial charge in [0, 0.05) is 18.8 Å². The van der Waals surface area contributed by atoms with E-state index in [0.717, 1.165) is 16.7 Å². The number of nitrogens with one attached hydrogen (secondary N) is 1. The topological polar surface area (TPSA) is 60.3 Å². The van der Waals surface area contributed by atoms with E-state index in [1.807, 2.05) is 73.7 Å². The van der Waals surface area contributed by atoms with E-state index in [-0.39, 0.29) is 11.5 Å². The van der Waals surface area contributed by atoms with Gasteiger partial charge in [0.15, 0.2) is 0 Å². The Hall–Kier alpha value is -3.64. The average molecular weight is 431 g/mol. The maximum Gasteiger partial charge on any atom is 0.261 e. The Balaban J connectivity index is 1.46. The molecule has 0 saturated heterocycles. The van der Waals surface area contributed by atoms with E-state index in [0.29, 0.717) is 28.8 Å². The van der Waals surface area contributed by atoms with E-state index in [2.05, 4.69) is 5.32 Å². The predicted molar refractivity (Wildman–Crippen MR) is 123 cm³/mol. The maximum atomic E-state index is 12.6. The second kappa shape index (κ2) is 9.45. The summed E-state index contributed by atoms with van der Waals surface area (Å²) in [5.41, 5.74) is 2.70. The van der Waals surface area contributed by atoms with Crippen molar-refractivity contribution in [3.63, 3.8) is 0 Å². The monoisotopic (exact) mass is 430 g/mol. The van der Waals surface area contributed by atoms with Crippen LogP contribution in [-0.4, -0.2) is 10.5 Å². The van der Waals surface area contributed by atoms with E-state index < -0.39 is 0 Å². The molecule has 0 saturated carbocycles. The molecule has 1 N–H and O–H groups in total. The van der Waals surface area contributed by atoms with Gasteiger partial charge >= 0.3 is 0 Å². The first-order chi connectivity index (χ1) is 15.1. The molecule has 0 fully saturated rings. The number of amides is 1. The highest BCUT2D eigenvalue weighted by Crippen LogP contribution is 2.25. The fourth-order valence-electron chi connectivity index (χ4n) is 3.14. The number of ether oxygens (including phenoxy) is 1. The number of thiophene rings is 1. The molecule has 2 aromatic carbocycles. The second-order valence-electron chi connectivity index (χ2n) is 7.11. The molecule has 0 radical (unpaired) electrons. The van der Waals surface area contributed by atoms with Gasteiger partial charge in [0.1, 0.15) is 17.4 Å². The van der Waals surface area contributed by atoms with Crippen LogP contribution in [-0.2, 0) is 13.2 Å². The Morgan fingerprint density at radius 2 is 1.65 bits per heavy atom. The van der Waals surface area contributed by atoms with Crippen LogP contribution in [0, 0.1) is 6.92 Å². The minimum atomic E-state index is -0.206. The molecule has 0 bridgehead atoms. The molecule has 0 spiro atoms. The molecule has 6 heteroatoms. The molecule has 0 aliphatic heterocycles. The predicted octanol–water partition coefficient (Wildman–Crippen LogP) is 4.72. The van der Waals surface area contributed by atoms with Crippen molar-refractivity contribution in [2.45, 2.75) is 20.1 Å². The van der Waals surface area contributed by atoms with Crippen molar-refractivity contribution < 1.29 is 9.53 Å². The summed E-state index contributed by atoms with van der Waals surface area (Å²) < 4.78 is 7.26. The number of carbonyl (C=O) groups excluding carboxylic acids is 1. The molecular weight excluding hydrogens is 408 g/mol. The van der Waals surface area contributed by atoms with Gasteiger partial charge in [0.2, 0.25) is 0 Å². The number of nitrogens with zero attached hydrogens (tertiary/aromatic N) is 1. The third kappa shape index (κ3) is 5.10. The first-order valence-electron chi connectivity index (χ1n) is 9.92. The summed E-state index contributed by atoms with van der Waals surface area (Å²) in [7, 11) is 0. The zero-order valence-corrected chi connectivity index (χ0v) is 17.9. The first-order valence-corrected chi connectivity index (χ1v) is 10.7. The highest BCUT2D eigenvalue weighted by atomic mass is 32.1. The van der Waals surface area contributed by atoms with E-state index in [4.69, 9.17) is 4.74 Å². The molecule has 4 rings (SSSR count). The number of aryl methyl sites for hydroxylation is 1. The molecular formula is C25H22N2O3S. The number of carbonyl (C=O) groups is 1. The lowest BCUT2D eigenvalue weighted by Gasteiger charge is -2.08. The van der Waals surface area contributed by atoms with Crippen LogP contribution < -0.4 is 15.6 Å². The number of rotatable bonds is 7. The third-order valence-electron chi connectivity index (χ3n) is 4.78. The number of hydrogen-bond donors (Lipinski definition) is 1. The summed E-state index contributed by atoms with van der Waals surface area (Å²) in [5, 5.41) is 3.64. The van der Waals surface area contributed by atoms with Crippen LogP contribution >= 0.6 is 11.3 Å². The van der Waals surface area contributed by atoms with Gasteiger partial charge in [-0.1, -0.05) is 60.7 Å². The van der Waals surface area contributed by atoms with Crippen molar-refractivity contribution in [1.82, 2.24) is 9.88 Å². The summed E-state index contributed by atoms with van der Waals surface area (Å²) in [6.07, 6.45) is 1.68. The normalized spacial score (nSPS) is 10.6. The minimum Gasteiger partial charge on any atom is -0.489 e. The summed E-state index contributed by atoms with van der Waals surface area (Å²) in [5.74, 6) is 0.368. The fraction of sp³-hybridized carbons (Fsp3) is 0.120. The van der Waals surface area contributed by atoms with Gasteiger partial charge in [-0.15, -0.1) is 11.3 Å². The summed E-state index contributed by atoms with van der Waals surface area (Å²) in [6.45, 7) is 2.73. The summed E-state index contributed by atoms with van der Waals surface area (Å²) in [4.78, 5) is 25.9. The lowest BCUT2D eigenvalue weighted by molar-refractivity contribution is 0.0954. The fourth-order valence-corrected chi connectivity index (χ4v) is 4.22. The largest absolute Gasteiger partial charge is 0.489 e. The zero-order valence-electron chi connectivity index (χ0n) is 17.1. The van der Waals surface area contributed by atoms with Gasteiger partial charge in [0.25, 0.3) is 11.5 Å². The van der Waals surface area contributed by atoms with Gasteiger partial charge in [-0.3, -0.25) is 14.2 Å². The van der Waals surface area contributed by atoms with E-state index >= 15 is 0 Å². The van der Waals surface area contributed by atoms with Crippen molar-refractivity contribution in [1.29, 1.82) is 0 Å². The number of aromatic nitrogens is 1. The van der Waals surface area contributed by atoms with Crippen LogP contribution in [0.1, 0.15) is 26.4 Å². The molecule has 0 aliphatic rings. The van der Waals surface area contributed by atoms with Crippen molar-refractivity contribution in [2.75, 3.05) is 0 Å². The van der Waals surface area contributed by atoms with Gasteiger partial charge in [-0.05, 0) is 35.7 Å². The van der Waals surface area contributed by atoms with Crippen LogP contribution in [0.25, 0.3) is 5.00 Å². The van der Waals surface area contributed by atoms with Crippen LogP contribution in [0.5, 0.6) is 5.75 Å². The van der Waals surface area contributed by atoms with Crippen molar-refractivity contribution in [2.24, 2.45) is 0 Å². The highest BCUT2D eigenvalue weighted by molar-refractivity contribution is 7.16. The quantitative estimate of drug-likeness (QED) is 0.462. The SMILES string of the molecule is Cc1cc(-n2ccc(OCc3ccccc3)cc2=O)sc1C(=O)NCc1ccccc1. The maximum absolute atomic E-state index is 12.6. The van der Waals surface area contributed by atoms with Gasteiger partial charge in [-0.25, -0.2) is 0 Å². The second-order valence-corrected chi connectivity index (χ2v) is 8.14. The van der Waals surface area contributed by atoms with Crippen molar-refractivity contribution in [3.05, 3.63) is 117 Å². The van der Waals surface area contributed by atoms with Gasteiger partial charge in [0.05, 0.1) is 4.88 Å². The summed E-state index contributed by atoms with van der Waals surface area (Å²) in [6, 6.07) is 24.6. The van der Waals surface area contributed by atoms with Crippen LogP contribution in [0.15, 0.2) is 89.9 Å². The number of benzene rings is 2. The Morgan fingerprint density at radius 3 is 2.32 bits per heavy atom. The Bertz CT molecular complexity index is 1230. The standard InChI is InChI=1S/C25H22N2O3S/c1-18-14-23(31-24(18)25(29)26-16-19-8-4-2-5-9-19)27-13-12-21(15-22(27)28)30-17-20-10-6-3-7-11-20/h2-15H,16-17H2,1H3,(H,26,29).